The molecule has 10 heteroatoms. The van der Waals surface area contributed by atoms with Gasteiger partial charge in [-0.05, 0) is 48.6 Å². The van der Waals surface area contributed by atoms with E-state index in [0.717, 1.165) is 30.7 Å². The van der Waals surface area contributed by atoms with Crippen LogP contribution in [0.1, 0.15) is 24.2 Å². The summed E-state index contributed by atoms with van der Waals surface area (Å²) in [5.41, 5.74) is 0.486. The van der Waals surface area contributed by atoms with Gasteiger partial charge in [0, 0.05) is 13.1 Å². The number of hydrogen-bond acceptors (Lipinski definition) is 4. The van der Waals surface area contributed by atoms with E-state index in [1.165, 1.54) is 6.07 Å². The molecule has 162 valence electrons. The maximum atomic E-state index is 13.4. The van der Waals surface area contributed by atoms with Gasteiger partial charge in [0.2, 0.25) is 5.91 Å². The number of carbonyl (C=O) groups excluding carboxylic acids is 1. The number of halogens is 4. The highest BCUT2D eigenvalue weighted by molar-refractivity contribution is 5.88. The average Bonchev–Trinajstić information content (AvgIpc) is 3.34. The van der Waals surface area contributed by atoms with Crippen LogP contribution in [0.25, 0.3) is 0 Å². The zero-order valence-electron chi connectivity index (χ0n) is 15.8. The normalized spacial score (nSPS) is 22.6. The van der Waals surface area contributed by atoms with Gasteiger partial charge in [-0.1, -0.05) is 12.1 Å². The van der Waals surface area contributed by atoms with E-state index in [0.29, 0.717) is 19.0 Å². The third-order valence-electron chi connectivity index (χ3n) is 5.27. The van der Waals surface area contributed by atoms with Gasteiger partial charge in [0.05, 0.1) is 12.8 Å². The summed E-state index contributed by atoms with van der Waals surface area (Å²) < 4.78 is 50.4. The van der Waals surface area contributed by atoms with Crippen molar-refractivity contribution in [3.63, 3.8) is 0 Å². The predicted molar refractivity (Wildman–Crippen MR) is 96.5 cm³/mol. The number of benzene rings is 1. The lowest BCUT2D eigenvalue weighted by Crippen LogP contribution is -2.57. The molecule has 3 heterocycles. The highest BCUT2D eigenvalue weighted by atomic mass is 19.4. The number of alkyl halides is 3. The Morgan fingerprint density at radius 1 is 1.23 bits per heavy atom. The molecule has 2 aliphatic heterocycles. The summed E-state index contributed by atoms with van der Waals surface area (Å²) in [6.45, 7) is 1.93. The number of hydrogen-bond donors (Lipinski definition) is 2. The molecular weight excluding hydrogens is 408 g/mol. The molecule has 3 aliphatic rings. The number of carbonyl (C=O) groups is 2. The van der Waals surface area contributed by atoms with Crippen molar-refractivity contribution >= 4 is 11.9 Å². The molecule has 2 aromatic rings. The van der Waals surface area contributed by atoms with Gasteiger partial charge in [0.25, 0.3) is 0 Å². The first-order valence-electron chi connectivity index (χ1n) is 9.20. The van der Waals surface area contributed by atoms with Gasteiger partial charge in [-0.15, -0.1) is 0 Å². The van der Waals surface area contributed by atoms with Crippen LogP contribution in [0, 0.1) is 11.7 Å². The van der Waals surface area contributed by atoms with E-state index in [2.05, 4.69) is 10.2 Å². The Balaban J connectivity index is 0.000000318. The third kappa shape index (κ3) is 4.81. The first-order valence-corrected chi connectivity index (χ1v) is 9.20. The number of rotatable bonds is 5. The SMILES string of the molecule is O=C(NCc1ccco1)C12CC(CN1Cc1cccc(F)c1)C2.O=C(O)C(F)(F)F. The number of fused-ring (bicyclic) bond motifs is 1. The second kappa shape index (κ2) is 8.47. The molecule has 1 aromatic carbocycles. The van der Waals surface area contributed by atoms with Crippen molar-refractivity contribution in [3.8, 4) is 0 Å². The fourth-order valence-electron chi connectivity index (χ4n) is 3.91. The van der Waals surface area contributed by atoms with E-state index < -0.39 is 17.7 Å². The fourth-order valence-corrected chi connectivity index (χ4v) is 3.91. The second-order valence-electron chi connectivity index (χ2n) is 7.38. The topological polar surface area (TPSA) is 82.8 Å². The maximum absolute atomic E-state index is 13.4. The number of furan rings is 1. The molecule has 2 saturated heterocycles. The minimum absolute atomic E-state index is 0.0547. The summed E-state index contributed by atoms with van der Waals surface area (Å²) in [6.07, 6.45) is -1.69. The van der Waals surface area contributed by atoms with E-state index in [4.69, 9.17) is 14.3 Å². The van der Waals surface area contributed by atoms with Crippen LogP contribution >= 0.6 is 0 Å². The zero-order chi connectivity index (χ0) is 21.9. The number of carboxylic acid groups (broad SMARTS) is 1. The Labute approximate surface area is 169 Å². The van der Waals surface area contributed by atoms with Crippen molar-refractivity contribution < 1.29 is 36.7 Å². The molecule has 0 atom stereocenters. The summed E-state index contributed by atoms with van der Waals surface area (Å²) in [7, 11) is 0. The largest absolute Gasteiger partial charge is 0.490 e. The summed E-state index contributed by atoms with van der Waals surface area (Å²) >= 11 is 0. The van der Waals surface area contributed by atoms with Gasteiger partial charge in [-0.2, -0.15) is 13.2 Å². The molecule has 0 spiro atoms. The van der Waals surface area contributed by atoms with Crippen LogP contribution in [0.4, 0.5) is 17.6 Å². The standard InChI is InChI=1S/C18H19FN2O2.C2HF3O2/c19-15-4-1-3-13(7-15)11-21-12-14-8-18(21,9-14)17(22)20-10-16-5-2-6-23-16;3-2(4,5)1(6)7/h1-7,14H,8-12H2,(H,20,22);(H,6,7). The van der Waals surface area contributed by atoms with Crippen LogP contribution < -0.4 is 5.32 Å². The Morgan fingerprint density at radius 3 is 2.50 bits per heavy atom. The maximum Gasteiger partial charge on any atom is 0.490 e. The van der Waals surface area contributed by atoms with Crippen LogP contribution in [0.15, 0.2) is 47.1 Å². The minimum atomic E-state index is -5.08. The Morgan fingerprint density at radius 2 is 1.93 bits per heavy atom. The van der Waals surface area contributed by atoms with Crippen molar-refractivity contribution in [2.45, 2.75) is 37.6 Å². The third-order valence-corrected chi connectivity index (χ3v) is 5.27. The average molecular weight is 428 g/mol. The second-order valence-corrected chi connectivity index (χ2v) is 7.38. The predicted octanol–water partition coefficient (Wildman–Crippen LogP) is 3.33. The molecule has 2 bridgehead atoms. The Bertz CT molecular complexity index is 892. The van der Waals surface area contributed by atoms with E-state index >= 15 is 0 Å². The van der Waals surface area contributed by atoms with E-state index in [-0.39, 0.29) is 11.7 Å². The number of carboxylic acids is 1. The monoisotopic (exact) mass is 428 g/mol. The molecule has 30 heavy (non-hydrogen) atoms. The van der Waals surface area contributed by atoms with E-state index in [1.807, 2.05) is 18.2 Å². The molecule has 1 aromatic heterocycles. The lowest BCUT2D eigenvalue weighted by atomic mass is 9.72. The molecule has 1 saturated carbocycles. The summed E-state index contributed by atoms with van der Waals surface area (Å²) in [5.74, 6) is -1.60. The van der Waals surface area contributed by atoms with Crippen molar-refractivity contribution in [3.05, 3.63) is 59.8 Å². The quantitative estimate of drug-likeness (QED) is 0.714. The van der Waals surface area contributed by atoms with Gasteiger partial charge in [-0.25, -0.2) is 9.18 Å². The van der Waals surface area contributed by atoms with Gasteiger partial charge >= 0.3 is 12.1 Å². The molecule has 6 nitrogen and oxygen atoms in total. The lowest BCUT2D eigenvalue weighted by Gasteiger charge is -2.40. The highest BCUT2D eigenvalue weighted by Crippen LogP contribution is 2.51. The summed E-state index contributed by atoms with van der Waals surface area (Å²) in [5, 5.41) is 10.1. The smallest absolute Gasteiger partial charge is 0.475 e. The molecule has 1 aliphatic carbocycles. The van der Waals surface area contributed by atoms with Gasteiger partial charge in [0.15, 0.2) is 0 Å². The first-order chi connectivity index (χ1) is 14.1. The molecular formula is C20H20F4N2O4. The lowest BCUT2D eigenvalue weighted by molar-refractivity contribution is -0.192. The molecule has 0 unspecified atom stereocenters. The molecule has 2 N–H and O–H groups in total. The highest BCUT2D eigenvalue weighted by Gasteiger charge is 2.60. The van der Waals surface area contributed by atoms with Crippen LogP contribution in [0.2, 0.25) is 0 Å². The van der Waals surface area contributed by atoms with E-state index in [9.17, 15) is 22.4 Å². The van der Waals surface area contributed by atoms with Crippen LogP contribution in [0.5, 0.6) is 0 Å². The molecule has 1 amide bonds. The number of amides is 1. The number of nitrogens with one attached hydrogen (secondary N) is 1. The summed E-state index contributed by atoms with van der Waals surface area (Å²) in [6, 6.07) is 10.3. The zero-order valence-corrected chi connectivity index (χ0v) is 15.8. The molecule has 3 fully saturated rings. The fraction of sp³-hybridized carbons (Fsp3) is 0.400. The summed E-state index contributed by atoms with van der Waals surface area (Å²) in [4.78, 5) is 23.8. The van der Waals surface area contributed by atoms with Crippen molar-refractivity contribution in [1.29, 1.82) is 0 Å². The van der Waals surface area contributed by atoms with Gasteiger partial charge in [-0.3, -0.25) is 9.69 Å². The molecule has 0 radical (unpaired) electrons. The van der Waals surface area contributed by atoms with Gasteiger partial charge < -0.3 is 14.8 Å². The number of nitrogens with zero attached hydrogens (tertiary/aromatic N) is 1. The minimum Gasteiger partial charge on any atom is -0.475 e. The van der Waals surface area contributed by atoms with Crippen molar-refractivity contribution in [2.75, 3.05) is 6.54 Å². The number of aliphatic carboxylic acids is 1. The van der Waals surface area contributed by atoms with E-state index in [1.54, 1.807) is 18.4 Å². The molecule has 5 rings (SSSR count). The van der Waals surface area contributed by atoms with Crippen LogP contribution in [-0.4, -0.2) is 40.1 Å². The van der Waals surface area contributed by atoms with Crippen molar-refractivity contribution in [1.82, 2.24) is 10.2 Å². The Kier molecular flexibility index (Phi) is 6.16. The van der Waals surface area contributed by atoms with Gasteiger partial charge in [0.1, 0.15) is 17.1 Å². The van der Waals surface area contributed by atoms with Crippen LogP contribution in [0.3, 0.4) is 0 Å². The Hall–Kier alpha value is -2.88. The van der Waals surface area contributed by atoms with Crippen LogP contribution in [-0.2, 0) is 22.7 Å². The van der Waals surface area contributed by atoms with Crippen molar-refractivity contribution in [2.24, 2.45) is 5.92 Å². The first kappa shape index (κ1) is 21.8.